The largest absolute Gasteiger partial charge is 0.493 e. The quantitative estimate of drug-likeness (QED) is 0.549. The molecule has 0 spiro atoms. The molecule has 1 amide bonds. The van der Waals surface area contributed by atoms with Crippen molar-refractivity contribution < 1.29 is 18.8 Å². The SMILES string of the molecule is CCc1ccc(-c2nc(C3CC(=O)N(CCc4ccc(OC)c(OC)c4)C3)no2)cc1. The summed E-state index contributed by atoms with van der Waals surface area (Å²) >= 11 is 0. The second-order valence-corrected chi connectivity index (χ2v) is 7.69. The fourth-order valence-corrected chi connectivity index (χ4v) is 3.86. The van der Waals surface area contributed by atoms with E-state index in [4.69, 9.17) is 14.0 Å². The van der Waals surface area contributed by atoms with Crippen LogP contribution in [0.25, 0.3) is 11.5 Å². The Morgan fingerprint density at radius 1 is 1.06 bits per heavy atom. The van der Waals surface area contributed by atoms with Gasteiger partial charge in [0, 0.05) is 31.0 Å². The van der Waals surface area contributed by atoms with E-state index in [1.54, 1.807) is 14.2 Å². The minimum atomic E-state index is -0.0506. The number of hydrogen-bond acceptors (Lipinski definition) is 6. The number of aryl methyl sites for hydroxylation is 1. The maximum atomic E-state index is 12.5. The smallest absolute Gasteiger partial charge is 0.257 e. The van der Waals surface area contributed by atoms with Crippen molar-refractivity contribution in [1.82, 2.24) is 15.0 Å². The predicted octanol–water partition coefficient (Wildman–Crippen LogP) is 3.87. The Labute approximate surface area is 182 Å². The summed E-state index contributed by atoms with van der Waals surface area (Å²) in [5.41, 5.74) is 3.24. The summed E-state index contributed by atoms with van der Waals surface area (Å²) in [6, 6.07) is 13.9. The number of ether oxygens (including phenoxy) is 2. The first kappa shape index (κ1) is 20.9. The average Bonchev–Trinajstić information content (AvgIpc) is 3.44. The molecule has 0 radical (unpaired) electrons. The second-order valence-electron chi connectivity index (χ2n) is 7.69. The van der Waals surface area contributed by atoms with E-state index in [1.165, 1.54) is 5.56 Å². The zero-order valence-corrected chi connectivity index (χ0v) is 18.1. The van der Waals surface area contributed by atoms with Crippen molar-refractivity contribution in [3.8, 4) is 23.0 Å². The van der Waals surface area contributed by atoms with Crippen molar-refractivity contribution in [3.63, 3.8) is 0 Å². The average molecular weight is 421 g/mol. The summed E-state index contributed by atoms with van der Waals surface area (Å²) in [6.07, 6.45) is 2.12. The Morgan fingerprint density at radius 2 is 1.81 bits per heavy atom. The predicted molar refractivity (Wildman–Crippen MR) is 116 cm³/mol. The van der Waals surface area contributed by atoms with Crippen LogP contribution in [0.3, 0.4) is 0 Å². The molecule has 1 aliphatic rings. The number of carbonyl (C=O) groups excluding carboxylic acids is 1. The van der Waals surface area contributed by atoms with Crippen LogP contribution in [0.15, 0.2) is 47.0 Å². The molecule has 1 fully saturated rings. The van der Waals surface area contributed by atoms with Crippen molar-refractivity contribution in [1.29, 1.82) is 0 Å². The van der Waals surface area contributed by atoms with E-state index in [9.17, 15) is 4.79 Å². The lowest BCUT2D eigenvalue weighted by atomic mass is 10.1. The summed E-state index contributed by atoms with van der Waals surface area (Å²) < 4.78 is 16.1. The van der Waals surface area contributed by atoms with Crippen molar-refractivity contribution in [2.24, 2.45) is 0 Å². The Bertz CT molecular complexity index is 1050. The molecule has 0 N–H and O–H groups in total. The van der Waals surface area contributed by atoms with Crippen LogP contribution in [0, 0.1) is 0 Å². The summed E-state index contributed by atoms with van der Waals surface area (Å²) in [5, 5.41) is 4.15. The highest BCUT2D eigenvalue weighted by Gasteiger charge is 2.33. The highest BCUT2D eigenvalue weighted by Crippen LogP contribution is 2.30. The Balaban J connectivity index is 1.39. The molecule has 7 nitrogen and oxygen atoms in total. The molecule has 3 aromatic rings. The highest BCUT2D eigenvalue weighted by molar-refractivity contribution is 5.79. The van der Waals surface area contributed by atoms with Gasteiger partial charge in [-0.05, 0) is 48.2 Å². The van der Waals surface area contributed by atoms with Crippen LogP contribution in [-0.4, -0.2) is 48.3 Å². The Hall–Kier alpha value is -3.35. The minimum Gasteiger partial charge on any atom is -0.493 e. The lowest BCUT2D eigenvalue weighted by molar-refractivity contribution is -0.127. The first-order chi connectivity index (χ1) is 15.1. The molecule has 0 aliphatic carbocycles. The minimum absolute atomic E-state index is 0.0506. The summed E-state index contributed by atoms with van der Waals surface area (Å²) in [6.45, 7) is 3.35. The fraction of sp³-hybridized carbons (Fsp3) is 0.375. The topological polar surface area (TPSA) is 77.7 Å². The molecule has 1 atom stereocenters. The van der Waals surface area contributed by atoms with E-state index in [-0.39, 0.29) is 11.8 Å². The number of carbonyl (C=O) groups is 1. The first-order valence-corrected chi connectivity index (χ1v) is 10.5. The molecular formula is C24H27N3O4. The van der Waals surface area contributed by atoms with Crippen LogP contribution in [0.5, 0.6) is 11.5 Å². The van der Waals surface area contributed by atoms with Crippen LogP contribution in [0.2, 0.25) is 0 Å². The number of hydrogen-bond donors (Lipinski definition) is 0. The molecule has 1 aliphatic heterocycles. The van der Waals surface area contributed by atoms with Gasteiger partial charge in [0.15, 0.2) is 17.3 Å². The Morgan fingerprint density at radius 3 is 2.52 bits per heavy atom. The number of benzene rings is 2. The third kappa shape index (κ3) is 4.55. The molecule has 2 aromatic carbocycles. The van der Waals surface area contributed by atoms with Gasteiger partial charge in [-0.2, -0.15) is 4.98 Å². The van der Waals surface area contributed by atoms with Gasteiger partial charge in [0.25, 0.3) is 5.89 Å². The molecule has 0 saturated carbocycles. The van der Waals surface area contributed by atoms with Crippen LogP contribution in [0.4, 0.5) is 0 Å². The second kappa shape index (κ2) is 9.20. The van der Waals surface area contributed by atoms with Crippen LogP contribution in [-0.2, 0) is 17.6 Å². The van der Waals surface area contributed by atoms with Crippen molar-refractivity contribution in [2.75, 3.05) is 27.3 Å². The van der Waals surface area contributed by atoms with Gasteiger partial charge in [-0.15, -0.1) is 0 Å². The Kier molecular flexibility index (Phi) is 6.21. The molecular weight excluding hydrogens is 394 g/mol. The van der Waals surface area contributed by atoms with E-state index >= 15 is 0 Å². The molecule has 2 heterocycles. The van der Waals surface area contributed by atoms with Crippen molar-refractivity contribution >= 4 is 5.91 Å². The normalized spacial score (nSPS) is 16.0. The van der Waals surface area contributed by atoms with Gasteiger partial charge in [-0.3, -0.25) is 4.79 Å². The summed E-state index contributed by atoms with van der Waals surface area (Å²) in [4.78, 5) is 19.0. The maximum absolute atomic E-state index is 12.5. The molecule has 162 valence electrons. The van der Waals surface area contributed by atoms with E-state index < -0.39 is 0 Å². The van der Waals surface area contributed by atoms with Gasteiger partial charge >= 0.3 is 0 Å². The number of likely N-dealkylation sites (tertiary alicyclic amines) is 1. The molecule has 0 bridgehead atoms. The van der Waals surface area contributed by atoms with Gasteiger partial charge in [0.1, 0.15) is 0 Å². The van der Waals surface area contributed by atoms with Crippen LogP contribution >= 0.6 is 0 Å². The lowest BCUT2D eigenvalue weighted by Gasteiger charge is -2.16. The lowest BCUT2D eigenvalue weighted by Crippen LogP contribution is -2.27. The maximum Gasteiger partial charge on any atom is 0.257 e. The number of aromatic nitrogens is 2. The van der Waals surface area contributed by atoms with Gasteiger partial charge in [0.2, 0.25) is 5.91 Å². The van der Waals surface area contributed by atoms with Gasteiger partial charge < -0.3 is 18.9 Å². The fourth-order valence-electron chi connectivity index (χ4n) is 3.86. The van der Waals surface area contributed by atoms with Crippen molar-refractivity contribution in [2.45, 2.75) is 32.1 Å². The zero-order chi connectivity index (χ0) is 21.8. The standard InChI is InChI=1S/C24H27N3O4/c1-4-16-5-8-18(9-6-16)24-25-23(26-31-24)19-14-22(28)27(15-19)12-11-17-7-10-20(29-2)21(13-17)30-3/h5-10,13,19H,4,11-12,14-15H2,1-3H3. The molecule has 1 saturated heterocycles. The number of nitrogens with zero attached hydrogens (tertiary/aromatic N) is 3. The van der Waals surface area contributed by atoms with Crippen molar-refractivity contribution in [3.05, 3.63) is 59.4 Å². The molecule has 4 rings (SSSR count). The van der Waals surface area contributed by atoms with E-state index in [2.05, 4.69) is 29.2 Å². The number of amides is 1. The zero-order valence-electron chi connectivity index (χ0n) is 18.1. The summed E-state index contributed by atoms with van der Waals surface area (Å²) in [7, 11) is 3.23. The number of rotatable bonds is 8. The van der Waals surface area contributed by atoms with Crippen LogP contribution in [0.1, 0.15) is 36.2 Å². The highest BCUT2D eigenvalue weighted by atomic mass is 16.5. The third-order valence-electron chi connectivity index (χ3n) is 5.75. The molecule has 31 heavy (non-hydrogen) atoms. The first-order valence-electron chi connectivity index (χ1n) is 10.5. The monoisotopic (exact) mass is 421 g/mol. The van der Waals surface area contributed by atoms with E-state index in [1.807, 2.05) is 35.2 Å². The van der Waals surface area contributed by atoms with Gasteiger partial charge in [-0.25, -0.2) is 0 Å². The third-order valence-corrected chi connectivity index (χ3v) is 5.75. The molecule has 1 unspecified atom stereocenters. The van der Waals surface area contributed by atoms with E-state index in [0.29, 0.717) is 42.7 Å². The summed E-state index contributed by atoms with van der Waals surface area (Å²) in [5.74, 6) is 2.54. The van der Waals surface area contributed by atoms with E-state index in [0.717, 1.165) is 24.0 Å². The molecule has 7 heteroatoms. The number of methoxy groups -OCH3 is 2. The van der Waals surface area contributed by atoms with Gasteiger partial charge in [0.05, 0.1) is 14.2 Å². The van der Waals surface area contributed by atoms with Gasteiger partial charge in [-0.1, -0.05) is 30.3 Å². The van der Waals surface area contributed by atoms with Crippen LogP contribution < -0.4 is 9.47 Å². The molecule has 1 aromatic heterocycles.